The van der Waals surface area contributed by atoms with Crippen LogP contribution in [0, 0.1) is 9.81 Å². The quantitative estimate of drug-likeness (QED) is 0.162. The van der Waals surface area contributed by atoms with Gasteiger partial charge in [0.05, 0.1) is 23.7 Å². The number of nitrogens with zero attached hydrogens (tertiary/aromatic N) is 4. The van der Waals surface area contributed by atoms with Crippen LogP contribution < -0.4 is 22.4 Å². The van der Waals surface area contributed by atoms with E-state index >= 15 is 0 Å². The molecular weight excluding hydrogens is 319 g/mol. The molecule has 0 radical (unpaired) electrons. The number of hydrogen-bond donors (Lipinski definition) is 4. The number of hydrazine groups is 2. The van der Waals surface area contributed by atoms with Gasteiger partial charge in [0.15, 0.2) is 0 Å². The lowest BCUT2D eigenvalue weighted by Crippen LogP contribution is -2.42. The summed E-state index contributed by atoms with van der Waals surface area (Å²) in [6, 6.07) is -1.61. The molecule has 0 fully saturated rings. The van der Waals surface area contributed by atoms with Gasteiger partial charge in [-0.15, -0.1) is 33.0 Å². The second kappa shape index (κ2) is 13.5. The lowest BCUT2D eigenvalue weighted by atomic mass is 10.7. The molecule has 4 amide bonds. The summed E-state index contributed by atoms with van der Waals surface area (Å²) in [6.07, 6.45) is 0. The van der Waals surface area contributed by atoms with E-state index in [1.165, 1.54) is 0 Å². The maximum Gasteiger partial charge on any atom is 0.354 e. The van der Waals surface area contributed by atoms with Crippen molar-refractivity contribution in [2.75, 3.05) is 24.8 Å². The van der Waals surface area contributed by atoms with E-state index in [4.69, 9.17) is 29.0 Å². The number of hydrogen-bond acceptors (Lipinski definition) is 7. The third kappa shape index (κ3) is 11.2. The minimum atomic E-state index is -0.843. The van der Waals surface area contributed by atoms with E-state index in [2.05, 4.69) is 16.3 Å². The molecule has 20 heavy (non-hydrogen) atoms. The Bertz CT molecular complexity index is 319. The predicted octanol–water partition coefficient (Wildman–Crippen LogP) is -0.416. The lowest BCUT2D eigenvalue weighted by Gasteiger charge is -2.11. The third-order valence-electron chi connectivity index (χ3n) is 1.39. The first-order valence-corrected chi connectivity index (χ1v) is 5.93. The molecule has 0 unspecified atom stereocenters. The number of primary amides is 1. The van der Waals surface area contributed by atoms with Gasteiger partial charge < -0.3 is 5.73 Å². The predicted molar refractivity (Wildman–Crippen MR) is 71.9 cm³/mol. The first kappa shape index (κ1) is 20.4. The molecule has 0 spiro atoms. The van der Waals surface area contributed by atoms with E-state index in [9.17, 15) is 19.4 Å². The maximum absolute atomic E-state index is 10.5. The van der Waals surface area contributed by atoms with E-state index < -0.39 is 12.1 Å². The number of nitrogens with one attached hydrogen (secondary N) is 2. The van der Waals surface area contributed by atoms with Crippen LogP contribution >= 0.6 is 23.2 Å². The van der Waals surface area contributed by atoms with Crippen LogP contribution in [-0.2, 0) is 0 Å². The van der Waals surface area contributed by atoms with Crippen LogP contribution in [-0.4, -0.2) is 47.0 Å². The van der Waals surface area contributed by atoms with Gasteiger partial charge in [0, 0.05) is 11.8 Å². The van der Waals surface area contributed by atoms with Gasteiger partial charge in [0.25, 0.3) is 0 Å². The Morgan fingerprint density at radius 3 is 1.95 bits per heavy atom. The molecule has 0 aliphatic heterocycles. The second-order valence-electron chi connectivity index (χ2n) is 2.71. The Morgan fingerprint density at radius 1 is 1.10 bits per heavy atom. The first-order valence-electron chi connectivity index (χ1n) is 4.86. The summed E-state index contributed by atoms with van der Waals surface area (Å²) in [7, 11) is 0. The van der Waals surface area contributed by atoms with Crippen molar-refractivity contribution in [3.05, 3.63) is 9.81 Å². The van der Waals surface area contributed by atoms with Crippen LogP contribution in [0.15, 0.2) is 10.6 Å². The van der Waals surface area contributed by atoms with Crippen molar-refractivity contribution in [2.24, 2.45) is 22.1 Å². The highest BCUT2D eigenvalue weighted by molar-refractivity contribution is 6.18. The van der Waals surface area contributed by atoms with Crippen molar-refractivity contribution in [1.29, 1.82) is 0 Å². The van der Waals surface area contributed by atoms with Gasteiger partial charge in [-0.05, 0) is 0 Å². The molecule has 0 rings (SSSR count). The molecule has 0 aromatic carbocycles. The van der Waals surface area contributed by atoms with Crippen molar-refractivity contribution < 1.29 is 9.59 Å². The van der Waals surface area contributed by atoms with E-state index in [1.54, 1.807) is 5.43 Å². The standard InChI is InChI=1S/2C3H7ClN4O2/c4-1-2-8(7-10)3(9)6-5;4-1-2-8(7-10)6-3(5)9/h1-2,5H2,(H,6,9);1-2H2,(H3,5,6,9). The zero-order valence-electron chi connectivity index (χ0n) is 10.2. The van der Waals surface area contributed by atoms with E-state index in [0.29, 0.717) is 5.01 Å². The number of carbonyl (C=O) groups excluding carboxylic acids is 2. The fourth-order valence-corrected chi connectivity index (χ4v) is 0.979. The average Bonchev–Trinajstić information content (AvgIpc) is 2.43. The highest BCUT2D eigenvalue weighted by atomic mass is 35.5. The molecule has 0 aromatic rings. The summed E-state index contributed by atoms with van der Waals surface area (Å²) < 4.78 is 0. The Morgan fingerprint density at radius 2 is 1.65 bits per heavy atom. The molecule has 116 valence electrons. The van der Waals surface area contributed by atoms with Crippen LogP contribution in [0.25, 0.3) is 0 Å². The normalized spacial score (nSPS) is 8.55. The van der Waals surface area contributed by atoms with E-state index in [0.717, 1.165) is 5.12 Å². The molecular formula is C6H14Cl2N8O4. The van der Waals surface area contributed by atoms with Gasteiger partial charge >= 0.3 is 12.1 Å². The van der Waals surface area contributed by atoms with E-state index in [1.807, 2.05) is 5.43 Å². The highest BCUT2D eigenvalue weighted by Gasteiger charge is 2.09. The van der Waals surface area contributed by atoms with Gasteiger partial charge in [0.2, 0.25) is 0 Å². The summed E-state index contributed by atoms with van der Waals surface area (Å²) in [5.74, 6) is 5.02. The largest absolute Gasteiger partial charge is 0.354 e. The third-order valence-corrected chi connectivity index (χ3v) is 1.72. The van der Waals surface area contributed by atoms with E-state index in [-0.39, 0.29) is 24.8 Å². The monoisotopic (exact) mass is 332 g/mol. The SMILES string of the molecule is NC(=O)NN(CCCl)N=O.NNC(=O)N(CCCl)N=O. The number of amides is 4. The van der Waals surface area contributed by atoms with Crippen LogP contribution in [0.1, 0.15) is 0 Å². The Kier molecular flexibility index (Phi) is 13.8. The maximum atomic E-state index is 10.5. The summed E-state index contributed by atoms with van der Waals surface area (Å²) in [4.78, 5) is 40.1. The van der Waals surface area contributed by atoms with Gasteiger partial charge in [-0.2, -0.15) is 10.1 Å². The van der Waals surface area contributed by atoms with Gasteiger partial charge in [-0.3, -0.25) is 5.43 Å². The van der Waals surface area contributed by atoms with Gasteiger partial charge in [0.1, 0.15) is 0 Å². The molecule has 0 aliphatic carbocycles. The van der Waals surface area contributed by atoms with Crippen molar-refractivity contribution in [3.8, 4) is 0 Å². The molecule has 0 aromatic heterocycles. The Labute approximate surface area is 123 Å². The van der Waals surface area contributed by atoms with Crippen LogP contribution in [0.4, 0.5) is 9.59 Å². The number of nitrogens with two attached hydrogens (primary N) is 2. The zero-order valence-corrected chi connectivity index (χ0v) is 11.7. The van der Waals surface area contributed by atoms with Gasteiger partial charge in [-0.1, -0.05) is 0 Å². The van der Waals surface area contributed by atoms with Crippen LogP contribution in [0.3, 0.4) is 0 Å². The molecule has 14 heteroatoms. The summed E-state index contributed by atoms with van der Waals surface area (Å²) >= 11 is 10.4. The molecule has 0 heterocycles. The summed E-state index contributed by atoms with van der Waals surface area (Å²) in [6.45, 7) is 0.183. The Hall–Kier alpha value is -1.92. The smallest absolute Gasteiger partial charge is 0.350 e. The van der Waals surface area contributed by atoms with Crippen LogP contribution in [0.2, 0.25) is 0 Å². The fraction of sp³-hybridized carbons (Fsp3) is 0.667. The van der Waals surface area contributed by atoms with Crippen molar-refractivity contribution in [2.45, 2.75) is 0 Å². The van der Waals surface area contributed by atoms with Crippen LogP contribution in [0.5, 0.6) is 0 Å². The number of rotatable bonds is 7. The fourth-order valence-electron chi connectivity index (χ4n) is 0.658. The number of nitroso groups, excluding NO2 is 2. The number of halogens is 2. The lowest BCUT2D eigenvalue weighted by molar-refractivity contribution is 0.192. The topological polar surface area (TPSA) is 176 Å². The number of urea groups is 2. The van der Waals surface area contributed by atoms with Gasteiger partial charge in [-0.25, -0.2) is 20.9 Å². The zero-order chi connectivity index (χ0) is 16.0. The molecule has 0 saturated heterocycles. The minimum absolute atomic E-state index is 0.0497. The van der Waals surface area contributed by atoms with Crippen molar-refractivity contribution in [1.82, 2.24) is 21.0 Å². The molecule has 0 atom stereocenters. The molecule has 12 nitrogen and oxygen atoms in total. The number of carbonyl (C=O) groups is 2. The average molecular weight is 333 g/mol. The number of alkyl halides is 2. The first-order chi connectivity index (χ1) is 9.46. The second-order valence-corrected chi connectivity index (χ2v) is 3.47. The Balaban J connectivity index is 0. The minimum Gasteiger partial charge on any atom is -0.350 e. The molecule has 0 aliphatic rings. The summed E-state index contributed by atoms with van der Waals surface area (Å²) in [5, 5.41) is 6.07. The molecule has 0 saturated carbocycles. The summed E-state index contributed by atoms with van der Waals surface area (Å²) in [5.41, 5.74) is 8.34. The molecule has 0 bridgehead atoms. The molecule has 6 N–H and O–H groups in total. The van der Waals surface area contributed by atoms with Crippen molar-refractivity contribution in [3.63, 3.8) is 0 Å². The highest BCUT2D eigenvalue weighted by Crippen LogP contribution is 1.89. The van der Waals surface area contributed by atoms with Crippen molar-refractivity contribution >= 4 is 35.3 Å².